The van der Waals surface area contributed by atoms with Crippen molar-refractivity contribution in [1.29, 1.82) is 0 Å². The minimum Gasteiger partial charge on any atom is -0.324 e. The van der Waals surface area contributed by atoms with Crippen LogP contribution in [0.25, 0.3) is 5.57 Å². The molecule has 70 valence electrons. The molecule has 0 bridgehead atoms. The Kier molecular flexibility index (Phi) is 2.72. The van der Waals surface area contributed by atoms with Crippen LogP contribution in [-0.4, -0.2) is 6.04 Å². The van der Waals surface area contributed by atoms with Crippen molar-refractivity contribution >= 4 is 28.5 Å². The summed E-state index contributed by atoms with van der Waals surface area (Å²) in [5.74, 6) is 0. The fraction of sp³-hybridized carbons (Fsp3) is 0.400. The minimum absolute atomic E-state index is 0.240. The Hall–Kier alpha value is -0.310. The molecule has 1 unspecified atom stereocenters. The smallest absolute Gasteiger partial charge is 0.0934 e. The van der Waals surface area contributed by atoms with Crippen LogP contribution in [0.3, 0.4) is 0 Å². The van der Waals surface area contributed by atoms with Crippen molar-refractivity contribution in [2.45, 2.75) is 25.3 Å². The molecule has 0 fully saturated rings. The van der Waals surface area contributed by atoms with Gasteiger partial charge < -0.3 is 5.73 Å². The first-order valence-electron chi connectivity index (χ1n) is 4.48. The molecule has 1 atom stereocenters. The maximum atomic E-state index is 5.88. The third-order valence-corrected chi connectivity index (χ3v) is 3.60. The first-order valence-corrected chi connectivity index (χ1v) is 5.67. The highest BCUT2D eigenvalue weighted by atomic mass is 35.5. The first-order chi connectivity index (χ1) is 6.25. The van der Waals surface area contributed by atoms with Crippen LogP contribution < -0.4 is 5.73 Å². The Balaban J connectivity index is 2.25. The van der Waals surface area contributed by atoms with Gasteiger partial charge in [-0.25, -0.2) is 0 Å². The van der Waals surface area contributed by atoms with Gasteiger partial charge in [-0.15, -0.1) is 11.3 Å². The predicted molar refractivity (Wildman–Crippen MR) is 59.1 cm³/mol. The van der Waals surface area contributed by atoms with Crippen molar-refractivity contribution in [2.24, 2.45) is 5.73 Å². The summed E-state index contributed by atoms with van der Waals surface area (Å²) in [4.78, 5) is 1.28. The van der Waals surface area contributed by atoms with Crippen molar-refractivity contribution in [1.82, 2.24) is 0 Å². The van der Waals surface area contributed by atoms with Gasteiger partial charge in [0.1, 0.15) is 0 Å². The molecule has 0 aromatic carbocycles. The van der Waals surface area contributed by atoms with E-state index in [2.05, 4.69) is 12.1 Å². The number of halogens is 1. The Labute approximate surface area is 87.2 Å². The van der Waals surface area contributed by atoms with Gasteiger partial charge in [0.05, 0.1) is 4.34 Å². The molecule has 1 nitrogen and oxygen atoms in total. The molecule has 1 aliphatic carbocycles. The van der Waals surface area contributed by atoms with E-state index in [1.54, 1.807) is 11.3 Å². The molecule has 2 N–H and O–H groups in total. The lowest BCUT2D eigenvalue weighted by Crippen LogP contribution is -2.19. The van der Waals surface area contributed by atoms with Crippen LogP contribution in [0.1, 0.15) is 24.1 Å². The lowest BCUT2D eigenvalue weighted by atomic mass is 9.95. The maximum absolute atomic E-state index is 5.88. The fourth-order valence-corrected chi connectivity index (χ4v) is 2.74. The molecular formula is C10H12ClNS. The number of allylic oxidation sites excluding steroid dienone is 1. The van der Waals surface area contributed by atoms with Crippen LogP contribution in [0, 0.1) is 0 Å². The predicted octanol–water partition coefficient (Wildman–Crippen LogP) is 3.30. The average Bonchev–Trinajstić information content (AvgIpc) is 2.52. The summed E-state index contributed by atoms with van der Waals surface area (Å²) in [6, 6.07) is 4.27. The van der Waals surface area contributed by atoms with Gasteiger partial charge in [-0.2, -0.15) is 0 Å². The van der Waals surface area contributed by atoms with Gasteiger partial charge in [-0.05, 0) is 37.0 Å². The Morgan fingerprint density at radius 3 is 2.92 bits per heavy atom. The van der Waals surface area contributed by atoms with Gasteiger partial charge in [-0.1, -0.05) is 17.7 Å². The van der Waals surface area contributed by atoms with Gasteiger partial charge in [0, 0.05) is 10.9 Å². The lowest BCUT2D eigenvalue weighted by molar-refractivity contribution is 0.655. The van der Waals surface area contributed by atoms with E-state index in [-0.39, 0.29) is 6.04 Å². The highest BCUT2D eigenvalue weighted by molar-refractivity contribution is 7.17. The van der Waals surface area contributed by atoms with Crippen LogP contribution in [0.5, 0.6) is 0 Å². The number of hydrogen-bond donors (Lipinski definition) is 1. The third-order valence-electron chi connectivity index (χ3n) is 2.29. The van der Waals surface area contributed by atoms with Crippen LogP contribution in [0.2, 0.25) is 4.34 Å². The van der Waals surface area contributed by atoms with Crippen molar-refractivity contribution in [3.63, 3.8) is 0 Å². The van der Waals surface area contributed by atoms with E-state index in [0.717, 1.165) is 17.2 Å². The summed E-state index contributed by atoms with van der Waals surface area (Å²) < 4.78 is 0.857. The molecule has 13 heavy (non-hydrogen) atoms. The second kappa shape index (κ2) is 3.82. The Bertz CT molecular complexity index is 329. The Morgan fingerprint density at radius 1 is 1.46 bits per heavy atom. The van der Waals surface area contributed by atoms with E-state index < -0.39 is 0 Å². The number of rotatable bonds is 1. The molecule has 1 heterocycles. The highest BCUT2D eigenvalue weighted by Gasteiger charge is 2.12. The number of thiophene rings is 1. The molecule has 0 spiro atoms. The quantitative estimate of drug-likeness (QED) is 0.761. The summed E-state index contributed by atoms with van der Waals surface area (Å²) in [6.07, 6.45) is 5.63. The average molecular weight is 214 g/mol. The summed E-state index contributed by atoms with van der Waals surface area (Å²) >= 11 is 7.51. The van der Waals surface area contributed by atoms with Crippen LogP contribution >= 0.6 is 22.9 Å². The molecule has 0 saturated heterocycles. The molecular weight excluding hydrogens is 202 g/mol. The fourth-order valence-electron chi connectivity index (χ4n) is 1.65. The van der Waals surface area contributed by atoms with E-state index in [4.69, 9.17) is 17.3 Å². The van der Waals surface area contributed by atoms with E-state index in [1.165, 1.54) is 16.9 Å². The molecule has 1 aromatic rings. The highest BCUT2D eigenvalue weighted by Crippen LogP contribution is 2.32. The second-order valence-electron chi connectivity index (χ2n) is 3.35. The zero-order valence-electron chi connectivity index (χ0n) is 7.29. The van der Waals surface area contributed by atoms with Crippen molar-refractivity contribution in [2.75, 3.05) is 0 Å². The van der Waals surface area contributed by atoms with Crippen molar-refractivity contribution in [3.8, 4) is 0 Å². The van der Waals surface area contributed by atoms with E-state index in [1.807, 2.05) is 6.07 Å². The van der Waals surface area contributed by atoms with Gasteiger partial charge in [-0.3, -0.25) is 0 Å². The molecule has 1 aromatic heterocycles. The molecule has 2 rings (SSSR count). The number of hydrogen-bond acceptors (Lipinski definition) is 2. The molecule has 0 saturated carbocycles. The van der Waals surface area contributed by atoms with E-state index in [9.17, 15) is 0 Å². The second-order valence-corrected chi connectivity index (χ2v) is 5.07. The normalized spacial score (nSPS) is 22.9. The molecule has 0 aliphatic heterocycles. The maximum Gasteiger partial charge on any atom is 0.0934 e. The van der Waals surface area contributed by atoms with Gasteiger partial charge in [0.2, 0.25) is 0 Å². The third kappa shape index (κ3) is 2.13. The van der Waals surface area contributed by atoms with Crippen molar-refractivity contribution in [3.05, 3.63) is 27.4 Å². The van der Waals surface area contributed by atoms with Crippen LogP contribution in [0.4, 0.5) is 0 Å². The van der Waals surface area contributed by atoms with Gasteiger partial charge in [0.15, 0.2) is 0 Å². The van der Waals surface area contributed by atoms with Crippen LogP contribution in [-0.2, 0) is 0 Å². The van der Waals surface area contributed by atoms with Crippen LogP contribution in [0.15, 0.2) is 18.2 Å². The zero-order chi connectivity index (χ0) is 9.26. The molecule has 1 aliphatic rings. The Morgan fingerprint density at radius 2 is 2.31 bits per heavy atom. The molecule has 0 amide bonds. The van der Waals surface area contributed by atoms with E-state index >= 15 is 0 Å². The molecule has 3 heteroatoms. The van der Waals surface area contributed by atoms with Crippen molar-refractivity contribution < 1.29 is 0 Å². The SMILES string of the molecule is NC1C=C(c2ccc(Cl)s2)CCC1. The summed E-state index contributed by atoms with van der Waals surface area (Å²) in [7, 11) is 0. The zero-order valence-corrected chi connectivity index (χ0v) is 8.87. The molecule has 0 radical (unpaired) electrons. The summed E-state index contributed by atoms with van der Waals surface area (Å²) in [5, 5.41) is 0. The monoisotopic (exact) mass is 213 g/mol. The van der Waals surface area contributed by atoms with Gasteiger partial charge >= 0.3 is 0 Å². The van der Waals surface area contributed by atoms with E-state index in [0.29, 0.717) is 0 Å². The largest absolute Gasteiger partial charge is 0.324 e. The summed E-state index contributed by atoms with van der Waals surface area (Å²) in [6.45, 7) is 0. The standard InChI is InChI=1S/C10H12ClNS/c11-10-5-4-9(13-10)7-2-1-3-8(12)6-7/h4-6,8H,1-3,12H2. The van der Waals surface area contributed by atoms with Gasteiger partial charge in [0.25, 0.3) is 0 Å². The number of nitrogens with two attached hydrogens (primary N) is 1. The summed E-state index contributed by atoms with van der Waals surface area (Å²) in [5.41, 5.74) is 7.24. The minimum atomic E-state index is 0.240. The lowest BCUT2D eigenvalue weighted by Gasteiger charge is -2.16. The topological polar surface area (TPSA) is 26.0 Å². The first kappa shape index (κ1) is 9.25.